The Bertz CT molecular complexity index is 559. The number of nitriles is 1. The predicted octanol–water partition coefficient (Wildman–Crippen LogP) is 1.81. The van der Waals surface area contributed by atoms with Gasteiger partial charge in [-0.2, -0.15) is 5.26 Å². The van der Waals surface area contributed by atoms with E-state index in [2.05, 4.69) is 16.3 Å². The number of likely N-dealkylation sites (N-methyl/N-ethyl adjacent to an activating group) is 1. The molecule has 0 spiro atoms. The molecule has 0 radical (unpaired) electrons. The van der Waals surface area contributed by atoms with Crippen LogP contribution >= 0.6 is 0 Å². The molecule has 6 heteroatoms. The zero-order chi connectivity index (χ0) is 17.4. The number of nitrogens with one attached hydrogen (secondary N) is 1. The number of nitrogens with zero attached hydrogens (tertiary/aromatic N) is 3. The van der Waals surface area contributed by atoms with E-state index in [9.17, 15) is 4.79 Å². The molecule has 1 aliphatic rings. The highest BCUT2D eigenvalue weighted by atomic mass is 16.5. The van der Waals surface area contributed by atoms with Crippen LogP contribution in [0, 0.1) is 11.3 Å². The van der Waals surface area contributed by atoms with Crippen LogP contribution in [-0.4, -0.2) is 62.3 Å². The van der Waals surface area contributed by atoms with Gasteiger partial charge in [0.1, 0.15) is 0 Å². The van der Waals surface area contributed by atoms with Gasteiger partial charge in [0.2, 0.25) is 0 Å². The van der Waals surface area contributed by atoms with Crippen LogP contribution in [-0.2, 0) is 11.3 Å². The predicted molar refractivity (Wildman–Crippen MR) is 92.5 cm³/mol. The summed E-state index contributed by atoms with van der Waals surface area (Å²) in [6.07, 6.45) is 2.21. The quantitative estimate of drug-likeness (QED) is 0.828. The Hall–Kier alpha value is -2.10. The van der Waals surface area contributed by atoms with Crippen LogP contribution in [0.4, 0.5) is 4.79 Å². The molecule has 130 valence electrons. The fourth-order valence-electron chi connectivity index (χ4n) is 2.60. The minimum Gasteiger partial charge on any atom is -0.376 e. The van der Waals surface area contributed by atoms with Gasteiger partial charge in [-0.1, -0.05) is 12.1 Å². The van der Waals surface area contributed by atoms with Crippen molar-refractivity contribution in [2.45, 2.75) is 25.5 Å². The first-order chi connectivity index (χ1) is 11.6. The first-order valence-electron chi connectivity index (χ1n) is 8.36. The summed E-state index contributed by atoms with van der Waals surface area (Å²) in [5, 5.41) is 11.9. The standard InChI is InChI=1S/C18H26N4O2/c1-21(2)9-10-22(14-16-7-5-15(12-19)6-8-16)18(23)20-13-17-4-3-11-24-17/h5-8,17H,3-4,9-11,13-14H2,1-2H3,(H,20,23). The van der Waals surface area contributed by atoms with Gasteiger partial charge in [-0.25, -0.2) is 4.79 Å². The molecule has 24 heavy (non-hydrogen) atoms. The van der Waals surface area contributed by atoms with Crippen LogP contribution in [0.25, 0.3) is 0 Å². The first-order valence-corrected chi connectivity index (χ1v) is 8.36. The number of hydrogen-bond donors (Lipinski definition) is 1. The number of carbonyl (C=O) groups excluding carboxylic acids is 1. The third-order valence-electron chi connectivity index (χ3n) is 4.07. The highest BCUT2D eigenvalue weighted by Gasteiger charge is 2.19. The second-order valence-electron chi connectivity index (χ2n) is 6.35. The van der Waals surface area contributed by atoms with Crippen molar-refractivity contribution in [3.63, 3.8) is 0 Å². The second kappa shape index (κ2) is 9.26. The summed E-state index contributed by atoms with van der Waals surface area (Å²) in [6, 6.07) is 9.39. The Morgan fingerprint density at radius 1 is 1.33 bits per heavy atom. The van der Waals surface area contributed by atoms with Gasteiger partial charge in [-0.15, -0.1) is 0 Å². The van der Waals surface area contributed by atoms with Crippen molar-refractivity contribution < 1.29 is 9.53 Å². The van der Waals surface area contributed by atoms with Crippen molar-refractivity contribution in [2.75, 3.05) is 40.3 Å². The normalized spacial score (nSPS) is 16.8. The molecule has 1 aromatic carbocycles. The average molecular weight is 330 g/mol. The van der Waals surface area contributed by atoms with E-state index in [0.717, 1.165) is 31.6 Å². The fraction of sp³-hybridized carbons (Fsp3) is 0.556. The second-order valence-corrected chi connectivity index (χ2v) is 6.35. The van der Waals surface area contributed by atoms with Crippen molar-refractivity contribution in [2.24, 2.45) is 0 Å². The SMILES string of the molecule is CN(C)CCN(Cc1ccc(C#N)cc1)C(=O)NCC1CCCO1. The third kappa shape index (κ3) is 5.84. The zero-order valence-corrected chi connectivity index (χ0v) is 14.5. The van der Waals surface area contributed by atoms with Gasteiger partial charge in [-0.05, 0) is 44.6 Å². The molecule has 1 fully saturated rings. The lowest BCUT2D eigenvalue weighted by Gasteiger charge is -2.25. The number of hydrogen-bond acceptors (Lipinski definition) is 4. The number of amides is 2. The zero-order valence-electron chi connectivity index (χ0n) is 14.5. The summed E-state index contributed by atoms with van der Waals surface area (Å²) < 4.78 is 5.55. The van der Waals surface area contributed by atoms with Gasteiger partial charge >= 0.3 is 6.03 Å². The lowest BCUT2D eigenvalue weighted by molar-refractivity contribution is 0.108. The van der Waals surface area contributed by atoms with E-state index in [-0.39, 0.29) is 12.1 Å². The van der Waals surface area contributed by atoms with Crippen LogP contribution in [0.1, 0.15) is 24.0 Å². The Balaban J connectivity index is 1.93. The molecule has 6 nitrogen and oxygen atoms in total. The Morgan fingerprint density at radius 2 is 2.08 bits per heavy atom. The lowest BCUT2D eigenvalue weighted by atomic mass is 10.1. The maximum Gasteiger partial charge on any atom is 0.317 e. The lowest BCUT2D eigenvalue weighted by Crippen LogP contribution is -2.44. The molecular weight excluding hydrogens is 304 g/mol. The van der Waals surface area contributed by atoms with Crippen LogP contribution in [0.15, 0.2) is 24.3 Å². The molecule has 1 N–H and O–H groups in total. The maximum absolute atomic E-state index is 12.5. The topological polar surface area (TPSA) is 68.6 Å². The molecule has 1 aliphatic heterocycles. The number of rotatable bonds is 7. The Morgan fingerprint density at radius 3 is 2.67 bits per heavy atom. The van der Waals surface area contributed by atoms with Crippen molar-refractivity contribution in [1.29, 1.82) is 5.26 Å². The first kappa shape index (κ1) is 18.2. The largest absolute Gasteiger partial charge is 0.376 e. The van der Waals surface area contributed by atoms with Crippen LogP contribution in [0.2, 0.25) is 0 Å². The summed E-state index contributed by atoms with van der Waals surface area (Å²) in [5.74, 6) is 0. The van der Waals surface area contributed by atoms with Gasteiger partial charge in [-0.3, -0.25) is 0 Å². The molecule has 1 unspecified atom stereocenters. The highest BCUT2D eigenvalue weighted by Crippen LogP contribution is 2.11. The molecule has 2 rings (SSSR count). The molecule has 0 bridgehead atoms. The highest BCUT2D eigenvalue weighted by molar-refractivity contribution is 5.74. The summed E-state index contributed by atoms with van der Waals surface area (Å²) >= 11 is 0. The minimum absolute atomic E-state index is 0.0725. The van der Waals surface area contributed by atoms with Crippen LogP contribution < -0.4 is 5.32 Å². The van der Waals surface area contributed by atoms with E-state index in [0.29, 0.717) is 25.2 Å². The van der Waals surface area contributed by atoms with E-state index >= 15 is 0 Å². The molecule has 0 aromatic heterocycles. The molecule has 0 saturated carbocycles. The molecule has 1 saturated heterocycles. The molecular formula is C18H26N4O2. The van der Waals surface area contributed by atoms with Gasteiger partial charge in [0.05, 0.1) is 17.7 Å². The average Bonchev–Trinajstić information content (AvgIpc) is 3.10. The maximum atomic E-state index is 12.5. The summed E-state index contributed by atoms with van der Waals surface area (Å²) in [5.41, 5.74) is 1.64. The summed E-state index contributed by atoms with van der Waals surface area (Å²) in [6.45, 7) is 3.31. The van der Waals surface area contributed by atoms with Crippen molar-refractivity contribution in [3.8, 4) is 6.07 Å². The van der Waals surface area contributed by atoms with E-state index in [1.54, 1.807) is 17.0 Å². The van der Waals surface area contributed by atoms with Gasteiger partial charge in [0.25, 0.3) is 0 Å². The smallest absolute Gasteiger partial charge is 0.317 e. The number of urea groups is 1. The van der Waals surface area contributed by atoms with Crippen molar-refractivity contribution in [1.82, 2.24) is 15.1 Å². The van der Waals surface area contributed by atoms with E-state index in [1.165, 1.54) is 0 Å². The fourth-order valence-corrected chi connectivity index (χ4v) is 2.60. The number of ether oxygens (including phenoxy) is 1. The third-order valence-corrected chi connectivity index (χ3v) is 4.07. The van der Waals surface area contributed by atoms with E-state index < -0.39 is 0 Å². The van der Waals surface area contributed by atoms with Crippen molar-refractivity contribution >= 4 is 6.03 Å². The van der Waals surface area contributed by atoms with E-state index in [4.69, 9.17) is 10.00 Å². The van der Waals surface area contributed by atoms with Crippen LogP contribution in [0.3, 0.4) is 0 Å². The van der Waals surface area contributed by atoms with E-state index in [1.807, 2.05) is 26.2 Å². The van der Waals surface area contributed by atoms with Crippen LogP contribution in [0.5, 0.6) is 0 Å². The molecule has 0 aliphatic carbocycles. The molecule has 1 aromatic rings. The Kier molecular flexibility index (Phi) is 7.04. The van der Waals surface area contributed by atoms with Gasteiger partial charge < -0.3 is 19.9 Å². The summed E-state index contributed by atoms with van der Waals surface area (Å²) in [4.78, 5) is 16.4. The monoisotopic (exact) mass is 330 g/mol. The summed E-state index contributed by atoms with van der Waals surface area (Å²) in [7, 11) is 3.98. The van der Waals surface area contributed by atoms with Crippen molar-refractivity contribution in [3.05, 3.63) is 35.4 Å². The van der Waals surface area contributed by atoms with Gasteiger partial charge in [0, 0.05) is 32.8 Å². The number of carbonyl (C=O) groups is 1. The molecule has 1 heterocycles. The molecule has 1 atom stereocenters. The number of benzene rings is 1. The molecule has 2 amide bonds. The minimum atomic E-state index is -0.0725. The Labute approximate surface area is 144 Å². The van der Waals surface area contributed by atoms with Gasteiger partial charge in [0.15, 0.2) is 0 Å².